The molecule has 0 radical (unpaired) electrons. The SMILES string of the molecule is Cn1c(=O)[nH]c(=O)c2cc(S(=O)(=O)NC[C@@H]3CCn4ccnc4C3)cnc21. The second-order valence-corrected chi connectivity index (χ2v) is 8.38. The third-order valence-corrected chi connectivity index (χ3v) is 6.24. The van der Waals surface area contributed by atoms with Crippen molar-refractivity contribution in [3.63, 3.8) is 0 Å². The van der Waals surface area contributed by atoms with E-state index < -0.39 is 21.3 Å². The normalized spacial score (nSPS) is 17.1. The molecule has 2 N–H and O–H groups in total. The molecule has 0 unspecified atom stereocenters. The Bertz CT molecular complexity index is 1240. The highest BCUT2D eigenvalue weighted by Crippen LogP contribution is 2.19. The smallest absolute Gasteiger partial charge is 0.329 e. The molecular formula is C16H18N6O4S. The number of pyridine rings is 1. The summed E-state index contributed by atoms with van der Waals surface area (Å²) in [5, 5.41) is 0.0414. The van der Waals surface area contributed by atoms with Gasteiger partial charge in [0.25, 0.3) is 5.56 Å². The van der Waals surface area contributed by atoms with Crippen LogP contribution in [0.3, 0.4) is 0 Å². The van der Waals surface area contributed by atoms with Gasteiger partial charge in [-0.2, -0.15) is 0 Å². The molecule has 0 spiro atoms. The van der Waals surface area contributed by atoms with Crippen molar-refractivity contribution in [1.82, 2.24) is 28.8 Å². The van der Waals surface area contributed by atoms with Crippen LogP contribution in [0.15, 0.2) is 39.1 Å². The summed E-state index contributed by atoms with van der Waals surface area (Å²) in [5.41, 5.74) is -1.15. The number of hydrogen-bond donors (Lipinski definition) is 2. The average Bonchev–Trinajstić information content (AvgIpc) is 3.12. The molecule has 4 rings (SSSR count). The van der Waals surface area contributed by atoms with Gasteiger partial charge in [-0.25, -0.2) is 27.9 Å². The number of hydrogen-bond acceptors (Lipinski definition) is 6. The van der Waals surface area contributed by atoms with Crippen molar-refractivity contribution in [1.29, 1.82) is 0 Å². The average molecular weight is 390 g/mol. The minimum atomic E-state index is -3.83. The first-order chi connectivity index (χ1) is 12.8. The minimum absolute atomic E-state index is 0.0414. The van der Waals surface area contributed by atoms with Crippen molar-refractivity contribution >= 4 is 21.1 Å². The first kappa shape index (κ1) is 17.6. The van der Waals surface area contributed by atoms with Crippen LogP contribution in [0.5, 0.6) is 0 Å². The molecule has 0 bridgehead atoms. The topological polar surface area (TPSA) is 132 Å². The monoisotopic (exact) mass is 390 g/mol. The van der Waals surface area contributed by atoms with Crippen LogP contribution in [-0.2, 0) is 30.0 Å². The molecule has 11 heteroatoms. The molecule has 10 nitrogen and oxygen atoms in total. The molecule has 3 aromatic rings. The quantitative estimate of drug-likeness (QED) is 0.609. The fraction of sp³-hybridized carbons (Fsp3) is 0.375. The van der Waals surface area contributed by atoms with E-state index in [9.17, 15) is 18.0 Å². The lowest BCUT2D eigenvalue weighted by molar-refractivity contribution is 0.379. The Morgan fingerprint density at radius 1 is 1.33 bits per heavy atom. The lowest BCUT2D eigenvalue weighted by Crippen LogP contribution is -2.33. The summed E-state index contributed by atoms with van der Waals surface area (Å²) >= 11 is 0. The Kier molecular flexibility index (Phi) is 4.19. The van der Waals surface area contributed by atoms with E-state index in [1.807, 2.05) is 6.20 Å². The van der Waals surface area contributed by atoms with E-state index in [1.165, 1.54) is 13.1 Å². The number of fused-ring (bicyclic) bond motifs is 2. The van der Waals surface area contributed by atoms with Crippen molar-refractivity contribution < 1.29 is 8.42 Å². The third kappa shape index (κ3) is 3.19. The third-order valence-electron chi connectivity index (χ3n) is 4.85. The van der Waals surface area contributed by atoms with Crippen molar-refractivity contribution in [2.45, 2.75) is 24.3 Å². The number of aromatic nitrogens is 5. The lowest BCUT2D eigenvalue weighted by atomic mass is 9.98. The van der Waals surface area contributed by atoms with Crippen LogP contribution in [-0.4, -0.2) is 39.0 Å². The largest absolute Gasteiger partial charge is 0.335 e. The molecule has 0 aromatic carbocycles. The summed E-state index contributed by atoms with van der Waals surface area (Å²) in [5.74, 6) is 1.09. The second kappa shape index (κ2) is 6.43. The molecule has 1 aliphatic rings. The zero-order valence-corrected chi connectivity index (χ0v) is 15.4. The summed E-state index contributed by atoms with van der Waals surface area (Å²) in [6.07, 6.45) is 6.36. The Morgan fingerprint density at radius 2 is 2.15 bits per heavy atom. The number of aromatic amines is 1. The maximum atomic E-state index is 12.6. The molecule has 3 aromatic heterocycles. The minimum Gasteiger partial charge on any atom is -0.335 e. The van der Waals surface area contributed by atoms with Crippen LogP contribution in [0.4, 0.5) is 0 Å². The first-order valence-electron chi connectivity index (χ1n) is 8.44. The van der Waals surface area contributed by atoms with Crippen molar-refractivity contribution in [3.8, 4) is 0 Å². The Labute approximate surface area is 153 Å². The molecule has 27 heavy (non-hydrogen) atoms. The van der Waals surface area contributed by atoms with Crippen molar-refractivity contribution in [2.24, 2.45) is 13.0 Å². The molecule has 0 aliphatic carbocycles. The van der Waals surface area contributed by atoms with Crippen LogP contribution < -0.4 is 16.0 Å². The van der Waals surface area contributed by atoms with E-state index in [2.05, 4.69) is 24.2 Å². The summed E-state index contributed by atoms with van der Waals surface area (Å²) in [7, 11) is -2.38. The number of nitrogens with one attached hydrogen (secondary N) is 2. The van der Waals surface area contributed by atoms with E-state index >= 15 is 0 Å². The Hall–Kier alpha value is -2.79. The van der Waals surface area contributed by atoms with Crippen molar-refractivity contribution in [2.75, 3.05) is 6.54 Å². The van der Waals surface area contributed by atoms with Gasteiger partial charge in [-0.3, -0.25) is 14.3 Å². The predicted molar refractivity (Wildman–Crippen MR) is 96.8 cm³/mol. The van der Waals surface area contributed by atoms with Gasteiger partial charge in [0.2, 0.25) is 10.0 Å². The molecule has 142 valence electrons. The van der Waals surface area contributed by atoms with E-state index in [1.54, 1.807) is 6.20 Å². The number of rotatable bonds is 4. The van der Waals surface area contributed by atoms with Gasteiger partial charge in [0.1, 0.15) is 16.4 Å². The zero-order valence-electron chi connectivity index (χ0n) is 14.5. The fourth-order valence-electron chi connectivity index (χ4n) is 3.26. The first-order valence-corrected chi connectivity index (χ1v) is 9.92. The Morgan fingerprint density at radius 3 is 2.96 bits per heavy atom. The molecule has 0 amide bonds. The van der Waals surface area contributed by atoms with E-state index in [0.29, 0.717) is 6.42 Å². The molecule has 1 aliphatic heterocycles. The van der Waals surface area contributed by atoms with Gasteiger partial charge in [-0.1, -0.05) is 0 Å². The molecular weight excluding hydrogens is 372 g/mol. The van der Waals surface area contributed by atoms with E-state index in [-0.39, 0.29) is 28.4 Å². The number of nitrogens with zero attached hydrogens (tertiary/aromatic N) is 4. The molecule has 0 fully saturated rings. The van der Waals surface area contributed by atoms with Crippen molar-refractivity contribution in [3.05, 3.63) is 51.3 Å². The molecule has 0 saturated heterocycles. The molecule has 4 heterocycles. The highest BCUT2D eigenvalue weighted by atomic mass is 32.2. The molecule has 1 atom stereocenters. The van der Waals surface area contributed by atoms with Gasteiger partial charge in [0.05, 0.1) is 5.39 Å². The maximum absolute atomic E-state index is 12.6. The second-order valence-electron chi connectivity index (χ2n) is 6.61. The van der Waals surface area contributed by atoms with Crippen LogP contribution >= 0.6 is 0 Å². The van der Waals surface area contributed by atoms with Crippen LogP contribution in [0.25, 0.3) is 11.0 Å². The van der Waals surface area contributed by atoms with Gasteiger partial charge >= 0.3 is 5.69 Å². The van der Waals surface area contributed by atoms with E-state index in [4.69, 9.17) is 0 Å². The van der Waals surface area contributed by atoms with Gasteiger partial charge in [0, 0.05) is 45.1 Å². The zero-order chi connectivity index (χ0) is 19.2. The standard InChI is InChI=1S/C16H18N6O4S/c1-21-14-12(15(23)20-16(21)24)7-11(9-18-14)27(25,26)19-8-10-2-4-22-5-3-17-13(22)6-10/h3,5,7,9-10,19H,2,4,6,8H2,1H3,(H,20,23,24)/t10-/m1/s1. The highest BCUT2D eigenvalue weighted by Gasteiger charge is 2.23. The number of imidazole rings is 1. The van der Waals surface area contributed by atoms with Gasteiger partial charge < -0.3 is 4.57 Å². The van der Waals surface area contributed by atoms with E-state index in [0.717, 1.165) is 29.6 Å². The number of sulfonamides is 1. The van der Waals surface area contributed by atoms with Gasteiger partial charge in [-0.15, -0.1) is 0 Å². The Balaban J connectivity index is 1.57. The van der Waals surface area contributed by atoms with Crippen LogP contribution in [0, 0.1) is 5.92 Å². The summed E-state index contributed by atoms with van der Waals surface area (Å²) < 4.78 is 31.1. The number of H-pyrrole nitrogens is 1. The van der Waals surface area contributed by atoms with Crippen LogP contribution in [0.2, 0.25) is 0 Å². The lowest BCUT2D eigenvalue weighted by Gasteiger charge is -2.23. The fourth-order valence-corrected chi connectivity index (χ4v) is 4.35. The summed E-state index contributed by atoms with van der Waals surface area (Å²) in [4.78, 5) is 33.9. The summed E-state index contributed by atoms with van der Waals surface area (Å²) in [6, 6.07) is 1.23. The predicted octanol–water partition coefficient (Wildman–Crippen LogP) is -0.641. The molecule has 0 saturated carbocycles. The highest BCUT2D eigenvalue weighted by molar-refractivity contribution is 7.89. The van der Waals surface area contributed by atoms with Gasteiger partial charge in [-0.05, 0) is 18.4 Å². The summed E-state index contributed by atoms with van der Waals surface area (Å²) in [6.45, 7) is 1.08. The number of aryl methyl sites for hydroxylation is 2. The maximum Gasteiger partial charge on any atom is 0.329 e. The van der Waals surface area contributed by atoms with Gasteiger partial charge in [0.15, 0.2) is 0 Å². The van der Waals surface area contributed by atoms with Crippen LogP contribution in [0.1, 0.15) is 12.2 Å².